The molecule has 1 fully saturated rings. The molecule has 1 atom stereocenters. The lowest BCUT2D eigenvalue weighted by Crippen LogP contribution is -2.37. The Bertz CT molecular complexity index is 578. The van der Waals surface area contributed by atoms with Crippen molar-refractivity contribution >= 4 is 15.7 Å². The van der Waals surface area contributed by atoms with Crippen LogP contribution in [-0.4, -0.2) is 33.8 Å². The van der Waals surface area contributed by atoms with Gasteiger partial charge in [-0.2, -0.15) is 0 Å². The molecule has 1 saturated heterocycles. The number of rotatable bonds is 5. The van der Waals surface area contributed by atoms with Crippen molar-refractivity contribution in [3.63, 3.8) is 0 Å². The molecule has 1 aliphatic heterocycles. The maximum atomic E-state index is 12.5. The molecule has 0 amide bonds. The smallest absolute Gasteiger partial charge is 0.234 e. The molecule has 5 heteroatoms. The van der Waals surface area contributed by atoms with Crippen LogP contribution >= 0.6 is 0 Å². The fourth-order valence-corrected chi connectivity index (χ4v) is 4.27. The first-order valence-corrected chi connectivity index (χ1v) is 9.28. The van der Waals surface area contributed by atoms with Crippen LogP contribution < -0.4 is 9.62 Å². The average Bonchev–Trinajstić information content (AvgIpc) is 2.46. The fourth-order valence-electron chi connectivity index (χ4n) is 2.91. The second kappa shape index (κ2) is 6.79. The summed E-state index contributed by atoms with van der Waals surface area (Å²) < 4.78 is 26.5. The summed E-state index contributed by atoms with van der Waals surface area (Å²) in [6, 6.07) is 6.21. The molecule has 21 heavy (non-hydrogen) atoms. The highest BCUT2D eigenvalue weighted by Gasteiger charge is 2.22. The molecule has 1 unspecified atom stereocenters. The Morgan fingerprint density at radius 2 is 2.05 bits per heavy atom. The highest BCUT2D eigenvalue weighted by atomic mass is 32.2. The molecule has 0 spiro atoms. The van der Waals surface area contributed by atoms with Crippen molar-refractivity contribution in [2.24, 2.45) is 0 Å². The number of sulfonamides is 1. The maximum absolute atomic E-state index is 12.5. The van der Waals surface area contributed by atoms with Gasteiger partial charge in [-0.1, -0.05) is 24.1 Å². The Hall–Kier alpha value is -1.07. The normalized spacial score (nSPS) is 19.5. The molecule has 0 aliphatic carbocycles. The number of piperidine rings is 1. The van der Waals surface area contributed by atoms with Crippen molar-refractivity contribution in [3.8, 4) is 0 Å². The van der Waals surface area contributed by atoms with Gasteiger partial charge in [0.05, 0.1) is 11.4 Å². The molecule has 1 aromatic carbocycles. The third-order valence-electron chi connectivity index (χ3n) is 4.25. The Morgan fingerprint density at radius 3 is 2.67 bits per heavy atom. The van der Waals surface area contributed by atoms with E-state index < -0.39 is 10.0 Å². The van der Waals surface area contributed by atoms with Crippen molar-refractivity contribution in [1.82, 2.24) is 5.32 Å². The molecular formula is C16H26N2O2S. The highest BCUT2D eigenvalue weighted by molar-refractivity contribution is 7.92. The lowest BCUT2D eigenvalue weighted by molar-refractivity contribution is 0.392. The molecule has 118 valence electrons. The monoisotopic (exact) mass is 310 g/mol. The van der Waals surface area contributed by atoms with Gasteiger partial charge in [-0.25, -0.2) is 8.42 Å². The number of aryl methyl sites for hydroxylation is 2. The molecule has 0 aromatic heterocycles. The maximum Gasteiger partial charge on any atom is 0.234 e. The lowest BCUT2D eigenvalue weighted by atomic mass is 10.0. The van der Waals surface area contributed by atoms with Crippen LogP contribution in [0, 0.1) is 13.8 Å². The van der Waals surface area contributed by atoms with E-state index in [-0.39, 0.29) is 5.75 Å². The zero-order chi connectivity index (χ0) is 15.5. The van der Waals surface area contributed by atoms with Crippen molar-refractivity contribution in [1.29, 1.82) is 0 Å². The van der Waals surface area contributed by atoms with Crippen LogP contribution in [0.3, 0.4) is 0 Å². The summed E-state index contributed by atoms with van der Waals surface area (Å²) in [5.74, 6) is 0.203. The van der Waals surface area contributed by atoms with Crippen LogP contribution in [-0.2, 0) is 10.0 Å². The second-order valence-corrected chi connectivity index (χ2v) is 8.13. The molecule has 0 radical (unpaired) electrons. The minimum Gasteiger partial charge on any atom is -0.314 e. The van der Waals surface area contributed by atoms with E-state index in [0.29, 0.717) is 12.5 Å². The van der Waals surface area contributed by atoms with Crippen LogP contribution in [0.2, 0.25) is 0 Å². The van der Waals surface area contributed by atoms with Crippen LogP contribution in [0.4, 0.5) is 5.69 Å². The van der Waals surface area contributed by atoms with E-state index in [0.717, 1.165) is 29.8 Å². The molecular weight excluding hydrogens is 284 g/mol. The fraction of sp³-hybridized carbons (Fsp3) is 0.625. The number of hydrogen-bond acceptors (Lipinski definition) is 3. The Balaban J connectivity index is 2.03. The van der Waals surface area contributed by atoms with Gasteiger partial charge in [0.2, 0.25) is 10.0 Å². The number of benzene rings is 1. The second-order valence-electron chi connectivity index (χ2n) is 6.01. The van der Waals surface area contributed by atoms with Gasteiger partial charge in [0.1, 0.15) is 0 Å². The van der Waals surface area contributed by atoms with E-state index in [1.165, 1.54) is 17.1 Å². The van der Waals surface area contributed by atoms with Gasteiger partial charge in [0.15, 0.2) is 0 Å². The third-order valence-corrected chi connectivity index (χ3v) is 6.03. The third kappa shape index (κ3) is 4.20. The Labute approximate surface area is 128 Å². The summed E-state index contributed by atoms with van der Waals surface area (Å²) >= 11 is 0. The zero-order valence-electron chi connectivity index (χ0n) is 13.2. The summed E-state index contributed by atoms with van der Waals surface area (Å²) in [4.78, 5) is 0. The standard InChI is InChI=1S/C16H26N2O2S/c1-13-7-8-16(14(2)12-13)18(3)21(19,20)11-9-15-6-4-5-10-17-15/h7-8,12,15,17H,4-6,9-11H2,1-3H3. The first-order valence-electron chi connectivity index (χ1n) is 7.67. The summed E-state index contributed by atoms with van der Waals surface area (Å²) in [6.07, 6.45) is 4.18. The SMILES string of the molecule is Cc1ccc(N(C)S(=O)(=O)CCC2CCCCN2)c(C)c1. The molecule has 0 bridgehead atoms. The topological polar surface area (TPSA) is 49.4 Å². The van der Waals surface area contributed by atoms with Gasteiger partial charge in [0.25, 0.3) is 0 Å². The molecule has 1 aliphatic rings. The van der Waals surface area contributed by atoms with E-state index in [2.05, 4.69) is 5.32 Å². The lowest BCUT2D eigenvalue weighted by Gasteiger charge is -2.26. The summed E-state index contributed by atoms with van der Waals surface area (Å²) in [5, 5.41) is 3.41. The molecule has 1 aromatic rings. The van der Waals surface area contributed by atoms with Gasteiger partial charge < -0.3 is 5.32 Å². The first kappa shape index (κ1) is 16.3. The van der Waals surface area contributed by atoms with Crippen LogP contribution in [0.25, 0.3) is 0 Å². The van der Waals surface area contributed by atoms with Gasteiger partial charge in [0, 0.05) is 13.1 Å². The largest absolute Gasteiger partial charge is 0.314 e. The van der Waals surface area contributed by atoms with Crippen molar-refractivity contribution in [3.05, 3.63) is 29.3 Å². The number of nitrogens with zero attached hydrogens (tertiary/aromatic N) is 1. The van der Waals surface area contributed by atoms with Gasteiger partial charge in [-0.3, -0.25) is 4.31 Å². The van der Waals surface area contributed by atoms with Crippen molar-refractivity contribution < 1.29 is 8.42 Å². The van der Waals surface area contributed by atoms with E-state index in [1.807, 2.05) is 32.0 Å². The first-order chi connectivity index (χ1) is 9.90. The van der Waals surface area contributed by atoms with Gasteiger partial charge in [-0.05, 0) is 51.3 Å². The molecule has 0 saturated carbocycles. The quantitative estimate of drug-likeness (QED) is 0.909. The molecule has 4 nitrogen and oxygen atoms in total. The molecule has 1 heterocycles. The number of hydrogen-bond donors (Lipinski definition) is 1. The summed E-state index contributed by atoms with van der Waals surface area (Å²) in [5.41, 5.74) is 2.92. The van der Waals surface area contributed by atoms with E-state index in [1.54, 1.807) is 7.05 Å². The van der Waals surface area contributed by atoms with Crippen molar-refractivity contribution in [2.45, 2.75) is 45.6 Å². The van der Waals surface area contributed by atoms with Crippen molar-refractivity contribution in [2.75, 3.05) is 23.7 Å². The highest BCUT2D eigenvalue weighted by Crippen LogP contribution is 2.23. The van der Waals surface area contributed by atoms with E-state index in [4.69, 9.17) is 0 Å². The average molecular weight is 310 g/mol. The number of anilines is 1. The van der Waals surface area contributed by atoms with Crippen LogP contribution in [0.1, 0.15) is 36.8 Å². The minimum absolute atomic E-state index is 0.203. The zero-order valence-corrected chi connectivity index (χ0v) is 14.0. The molecule has 2 rings (SSSR count). The Morgan fingerprint density at radius 1 is 1.29 bits per heavy atom. The van der Waals surface area contributed by atoms with Gasteiger partial charge in [-0.15, -0.1) is 0 Å². The predicted octanol–water partition coefficient (Wildman–Crippen LogP) is 2.60. The summed E-state index contributed by atoms with van der Waals surface area (Å²) in [7, 11) is -1.60. The minimum atomic E-state index is -3.25. The summed E-state index contributed by atoms with van der Waals surface area (Å²) in [6.45, 7) is 4.98. The van der Waals surface area contributed by atoms with Gasteiger partial charge >= 0.3 is 0 Å². The van der Waals surface area contributed by atoms with Crippen LogP contribution in [0.5, 0.6) is 0 Å². The molecule has 1 N–H and O–H groups in total. The number of nitrogens with one attached hydrogen (secondary N) is 1. The van der Waals surface area contributed by atoms with Crippen LogP contribution in [0.15, 0.2) is 18.2 Å². The van der Waals surface area contributed by atoms with E-state index >= 15 is 0 Å². The predicted molar refractivity (Wildman–Crippen MR) is 88.4 cm³/mol. The Kier molecular flexibility index (Phi) is 5.27. The van der Waals surface area contributed by atoms with E-state index in [9.17, 15) is 8.42 Å².